The molecule has 0 saturated carbocycles. The molecular weight excluding hydrogens is 344 g/mol. The van der Waals surface area contributed by atoms with Crippen LogP contribution in [0, 0.1) is 0 Å². The second-order valence-electron chi connectivity index (χ2n) is 5.39. The van der Waals surface area contributed by atoms with Gasteiger partial charge in [-0.05, 0) is 25.5 Å². The lowest BCUT2D eigenvalue weighted by atomic mass is 10.1. The molecule has 0 radical (unpaired) electrons. The number of hydrogen-bond acceptors (Lipinski definition) is 5. The SMILES string of the molecule is CCOc1nc(Cl)cc2c1c(-c1cccnc1)nn2CCCC(=O)O. The molecule has 0 aliphatic heterocycles. The fourth-order valence-corrected chi connectivity index (χ4v) is 2.81. The number of carboxylic acid groups (broad SMARTS) is 1. The van der Waals surface area contributed by atoms with E-state index < -0.39 is 5.97 Å². The molecule has 0 spiro atoms. The van der Waals surface area contributed by atoms with Crippen LogP contribution >= 0.6 is 11.6 Å². The third-order valence-electron chi connectivity index (χ3n) is 3.65. The molecule has 3 aromatic rings. The van der Waals surface area contributed by atoms with Gasteiger partial charge in [0.1, 0.15) is 10.8 Å². The van der Waals surface area contributed by atoms with E-state index in [-0.39, 0.29) is 6.42 Å². The highest BCUT2D eigenvalue weighted by molar-refractivity contribution is 6.30. The molecule has 8 heteroatoms. The van der Waals surface area contributed by atoms with Crippen molar-refractivity contribution in [1.29, 1.82) is 0 Å². The lowest BCUT2D eigenvalue weighted by Gasteiger charge is -2.06. The summed E-state index contributed by atoms with van der Waals surface area (Å²) < 4.78 is 7.40. The van der Waals surface area contributed by atoms with Crippen LogP contribution in [0.15, 0.2) is 30.6 Å². The number of hydrogen-bond donors (Lipinski definition) is 1. The summed E-state index contributed by atoms with van der Waals surface area (Å²) >= 11 is 6.13. The van der Waals surface area contributed by atoms with E-state index in [1.165, 1.54) is 0 Å². The van der Waals surface area contributed by atoms with Crippen molar-refractivity contribution in [3.05, 3.63) is 35.7 Å². The maximum absolute atomic E-state index is 10.8. The van der Waals surface area contributed by atoms with Gasteiger partial charge in [0.2, 0.25) is 5.88 Å². The first-order valence-electron chi connectivity index (χ1n) is 7.92. The van der Waals surface area contributed by atoms with Crippen LogP contribution < -0.4 is 4.74 Å². The van der Waals surface area contributed by atoms with Gasteiger partial charge in [0.05, 0.1) is 17.5 Å². The molecule has 0 unspecified atom stereocenters. The van der Waals surface area contributed by atoms with Crippen LogP contribution in [-0.2, 0) is 11.3 Å². The van der Waals surface area contributed by atoms with E-state index in [0.29, 0.717) is 36.3 Å². The number of nitrogens with zero attached hydrogens (tertiary/aromatic N) is 4. The van der Waals surface area contributed by atoms with Crippen LogP contribution in [0.1, 0.15) is 19.8 Å². The van der Waals surface area contributed by atoms with Crippen molar-refractivity contribution < 1.29 is 14.6 Å². The van der Waals surface area contributed by atoms with Gasteiger partial charge in [-0.2, -0.15) is 5.10 Å². The predicted octanol–water partition coefficient (Wildman–Crippen LogP) is 3.41. The number of carboxylic acids is 1. The number of aryl methyl sites for hydroxylation is 1. The Morgan fingerprint density at radius 1 is 1.44 bits per heavy atom. The fourth-order valence-electron chi connectivity index (χ4n) is 2.63. The lowest BCUT2D eigenvalue weighted by molar-refractivity contribution is -0.137. The number of rotatable bonds is 7. The topological polar surface area (TPSA) is 90.1 Å². The van der Waals surface area contributed by atoms with E-state index in [9.17, 15) is 4.79 Å². The normalized spacial score (nSPS) is 11.0. The molecule has 0 fully saturated rings. The minimum absolute atomic E-state index is 0.0702. The fraction of sp³-hybridized carbons (Fsp3) is 0.294. The van der Waals surface area contributed by atoms with E-state index in [1.807, 2.05) is 19.1 Å². The number of aromatic nitrogens is 4. The van der Waals surface area contributed by atoms with Crippen molar-refractivity contribution >= 4 is 28.5 Å². The number of fused-ring (bicyclic) bond motifs is 1. The zero-order valence-electron chi connectivity index (χ0n) is 13.6. The van der Waals surface area contributed by atoms with E-state index in [0.717, 1.165) is 16.5 Å². The van der Waals surface area contributed by atoms with E-state index >= 15 is 0 Å². The van der Waals surface area contributed by atoms with Gasteiger partial charge in [-0.3, -0.25) is 14.5 Å². The Kier molecular flexibility index (Phi) is 5.14. The Balaban J connectivity index is 2.15. The smallest absolute Gasteiger partial charge is 0.303 e. The van der Waals surface area contributed by atoms with Gasteiger partial charge in [-0.1, -0.05) is 11.6 Å². The molecule has 0 aliphatic rings. The molecule has 0 saturated heterocycles. The maximum Gasteiger partial charge on any atom is 0.303 e. The Morgan fingerprint density at radius 2 is 2.28 bits per heavy atom. The summed E-state index contributed by atoms with van der Waals surface area (Å²) in [7, 11) is 0. The number of pyridine rings is 2. The molecule has 3 heterocycles. The van der Waals surface area contributed by atoms with Crippen LogP contribution in [0.5, 0.6) is 5.88 Å². The van der Waals surface area contributed by atoms with Crippen LogP contribution in [-0.4, -0.2) is 37.4 Å². The minimum atomic E-state index is -0.835. The lowest BCUT2D eigenvalue weighted by Crippen LogP contribution is -2.04. The summed E-state index contributed by atoms with van der Waals surface area (Å²) in [6, 6.07) is 5.45. The second kappa shape index (κ2) is 7.48. The zero-order chi connectivity index (χ0) is 17.8. The molecule has 25 heavy (non-hydrogen) atoms. The number of carbonyl (C=O) groups is 1. The summed E-state index contributed by atoms with van der Waals surface area (Å²) in [4.78, 5) is 19.2. The van der Waals surface area contributed by atoms with E-state index in [2.05, 4.69) is 15.1 Å². The first kappa shape index (κ1) is 17.2. The monoisotopic (exact) mass is 360 g/mol. The highest BCUT2D eigenvalue weighted by Crippen LogP contribution is 2.35. The van der Waals surface area contributed by atoms with Gasteiger partial charge in [-0.25, -0.2) is 4.98 Å². The highest BCUT2D eigenvalue weighted by Gasteiger charge is 2.19. The largest absolute Gasteiger partial charge is 0.481 e. The Labute approximate surface area is 149 Å². The van der Waals surface area contributed by atoms with E-state index in [4.69, 9.17) is 21.4 Å². The van der Waals surface area contributed by atoms with Crippen molar-refractivity contribution in [1.82, 2.24) is 19.7 Å². The molecule has 7 nitrogen and oxygen atoms in total. The van der Waals surface area contributed by atoms with Crippen molar-refractivity contribution in [3.8, 4) is 17.1 Å². The van der Waals surface area contributed by atoms with Crippen LogP contribution in [0.3, 0.4) is 0 Å². The quantitative estimate of drug-likeness (QED) is 0.649. The average Bonchev–Trinajstić information content (AvgIpc) is 2.94. The molecule has 0 bridgehead atoms. The van der Waals surface area contributed by atoms with Gasteiger partial charge in [0.25, 0.3) is 0 Å². The molecule has 0 atom stereocenters. The average molecular weight is 361 g/mol. The third kappa shape index (κ3) is 3.71. The first-order chi connectivity index (χ1) is 12.1. The first-order valence-corrected chi connectivity index (χ1v) is 8.30. The summed E-state index contributed by atoms with van der Waals surface area (Å²) in [5.74, 6) is -0.424. The van der Waals surface area contributed by atoms with Gasteiger partial charge in [0, 0.05) is 37.0 Å². The van der Waals surface area contributed by atoms with E-state index in [1.54, 1.807) is 23.1 Å². The summed E-state index contributed by atoms with van der Waals surface area (Å²) in [5.41, 5.74) is 2.27. The number of halogens is 1. The molecule has 3 aromatic heterocycles. The summed E-state index contributed by atoms with van der Waals surface area (Å²) in [6.45, 7) is 2.77. The zero-order valence-corrected chi connectivity index (χ0v) is 14.4. The van der Waals surface area contributed by atoms with Crippen molar-refractivity contribution in [3.63, 3.8) is 0 Å². The highest BCUT2D eigenvalue weighted by atomic mass is 35.5. The Bertz CT molecular complexity index is 896. The van der Waals surface area contributed by atoms with Gasteiger partial charge < -0.3 is 9.84 Å². The molecule has 0 aliphatic carbocycles. The number of ether oxygens (including phenoxy) is 1. The number of aliphatic carboxylic acids is 1. The standard InChI is InChI=1S/C17H17ClN4O3/c1-2-25-17-15-12(9-13(18)20-17)22(8-4-6-14(23)24)21-16(15)11-5-3-7-19-10-11/h3,5,7,9-10H,2,4,6,8H2,1H3,(H,23,24). The second-order valence-corrected chi connectivity index (χ2v) is 5.78. The van der Waals surface area contributed by atoms with Crippen LogP contribution in [0.25, 0.3) is 22.2 Å². The van der Waals surface area contributed by atoms with Crippen molar-refractivity contribution in [2.24, 2.45) is 0 Å². The van der Waals surface area contributed by atoms with Gasteiger partial charge >= 0.3 is 5.97 Å². The maximum atomic E-state index is 10.8. The van der Waals surface area contributed by atoms with Gasteiger partial charge in [0.15, 0.2) is 0 Å². The summed E-state index contributed by atoms with van der Waals surface area (Å²) in [5, 5.41) is 14.5. The van der Waals surface area contributed by atoms with Crippen LogP contribution in [0.2, 0.25) is 5.15 Å². The minimum Gasteiger partial charge on any atom is -0.481 e. The molecule has 0 amide bonds. The van der Waals surface area contributed by atoms with Crippen LogP contribution in [0.4, 0.5) is 0 Å². The predicted molar refractivity (Wildman–Crippen MR) is 93.8 cm³/mol. The Hall–Kier alpha value is -2.67. The molecule has 0 aromatic carbocycles. The molecular formula is C17H17ClN4O3. The Morgan fingerprint density at radius 3 is 2.96 bits per heavy atom. The van der Waals surface area contributed by atoms with Gasteiger partial charge in [-0.15, -0.1) is 0 Å². The van der Waals surface area contributed by atoms with Crippen molar-refractivity contribution in [2.75, 3.05) is 6.61 Å². The molecule has 3 rings (SSSR count). The third-order valence-corrected chi connectivity index (χ3v) is 3.84. The molecule has 1 N–H and O–H groups in total. The molecule has 130 valence electrons. The summed E-state index contributed by atoms with van der Waals surface area (Å²) in [6.07, 6.45) is 3.94. The van der Waals surface area contributed by atoms with Crippen molar-refractivity contribution in [2.45, 2.75) is 26.3 Å².